The lowest BCUT2D eigenvalue weighted by atomic mass is 9.89. The van der Waals surface area contributed by atoms with E-state index in [9.17, 15) is 5.11 Å². The summed E-state index contributed by atoms with van der Waals surface area (Å²) < 4.78 is 1.72. The maximum Gasteiger partial charge on any atom is 0.248 e. The van der Waals surface area contributed by atoms with E-state index in [1.54, 1.807) is 17.2 Å². The molecule has 2 saturated heterocycles. The molecule has 8 rings (SSSR count). The predicted octanol–water partition coefficient (Wildman–Crippen LogP) is 3.59. The first-order valence-electron chi connectivity index (χ1n) is 14.2. The van der Waals surface area contributed by atoms with Crippen LogP contribution in [0.1, 0.15) is 37.2 Å². The van der Waals surface area contributed by atoms with E-state index in [2.05, 4.69) is 35.6 Å². The van der Waals surface area contributed by atoms with E-state index >= 15 is 0 Å². The lowest BCUT2D eigenvalue weighted by Gasteiger charge is -2.39. The number of hydrogen-bond acceptors (Lipinski definition) is 10. The van der Waals surface area contributed by atoms with Gasteiger partial charge in [0.25, 0.3) is 0 Å². The van der Waals surface area contributed by atoms with E-state index in [-0.39, 0.29) is 6.04 Å². The summed E-state index contributed by atoms with van der Waals surface area (Å²) in [5.74, 6) is 3.02. The summed E-state index contributed by atoms with van der Waals surface area (Å²) in [6, 6.07) is 13.7. The highest BCUT2D eigenvalue weighted by atomic mass is 16.3. The van der Waals surface area contributed by atoms with Crippen molar-refractivity contribution in [3.8, 4) is 17.1 Å². The molecule has 11 nitrogen and oxygen atoms in total. The van der Waals surface area contributed by atoms with Gasteiger partial charge < -0.3 is 20.6 Å². The second kappa shape index (κ2) is 9.57. The number of rotatable bonds is 6. The summed E-state index contributed by atoms with van der Waals surface area (Å²) in [7, 11) is 0. The van der Waals surface area contributed by atoms with Crippen LogP contribution in [0.5, 0.6) is 0 Å². The molecule has 1 aromatic carbocycles. The third kappa shape index (κ3) is 4.37. The van der Waals surface area contributed by atoms with E-state index in [1.165, 1.54) is 5.56 Å². The van der Waals surface area contributed by atoms with Gasteiger partial charge in [-0.1, -0.05) is 18.2 Å². The van der Waals surface area contributed by atoms with Crippen LogP contribution in [0.4, 0.5) is 17.6 Å². The highest BCUT2D eigenvalue weighted by Crippen LogP contribution is 2.46. The maximum atomic E-state index is 11.5. The van der Waals surface area contributed by atoms with Gasteiger partial charge in [0.2, 0.25) is 5.95 Å². The molecule has 3 aliphatic rings. The van der Waals surface area contributed by atoms with Gasteiger partial charge in [-0.2, -0.15) is 4.98 Å². The van der Waals surface area contributed by atoms with Gasteiger partial charge in [-0.15, -0.1) is 5.10 Å². The molecule has 41 heavy (non-hydrogen) atoms. The molecule has 206 valence electrons. The lowest BCUT2D eigenvalue weighted by Crippen LogP contribution is -2.56. The van der Waals surface area contributed by atoms with E-state index in [1.807, 2.05) is 54.9 Å². The van der Waals surface area contributed by atoms with Crippen LogP contribution < -0.4 is 15.5 Å². The van der Waals surface area contributed by atoms with Crippen LogP contribution in [0.25, 0.3) is 28.0 Å². The normalized spacial score (nSPS) is 22.2. The van der Waals surface area contributed by atoms with Crippen molar-refractivity contribution in [1.29, 1.82) is 0 Å². The summed E-state index contributed by atoms with van der Waals surface area (Å²) in [5.41, 5.74) is 3.03. The molecular formula is C30H30N10O. The lowest BCUT2D eigenvalue weighted by molar-refractivity contribution is 0.0159. The number of nitrogens with one attached hydrogen (secondary N) is 2. The number of anilines is 3. The summed E-state index contributed by atoms with van der Waals surface area (Å²) in [5, 5.41) is 23.6. The Morgan fingerprint density at radius 1 is 1.02 bits per heavy atom. The zero-order chi connectivity index (χ0) is 27.4. The number of aliphatic hydroxyl groups is 1. The smallest absolute Gasteiger partial charge is 0.248 e. The summed E-state index contributed by atoms with van der Waals surface area (Å²) in [4.78, 5) is 26.0. The van der Waals surface area contributed by atoms with Crippen LogP contribution >= 0.6 is 0 Å². The second-order valence-electron chi connectivity index (χ2n) is 11.2. The minimum absolute atomic E-state index is 0.00962. The van der Waals surface area contributed by atoms with Gasteiger partial charge in [0.1, 0.15) is 18.0 Å². The third-order valence-corrected chi connectivity index (χ3v) is 8.48. The topological polar surface area (TPSA) is 130 Å². The SMILES string of the molecule is OC12CCN(c3nc(-c4ccnc(Nc5ncn(-c6ccccc6)n5)c4)nc4cncc(C5CC5)c34)C1CCNC2. The number of hydrogen-bond donors (Lipinski definition) is 3. The van der Waals surface area contributed by atoms with Crippen LogP contribution in [0.3, 0.4) is 0 Å². The first-order chi connectivity index (χ1) is 20.1. The number of pyridine rings is 2. The van der Waals surface area contributed by atoms with E-state index < -0.39 is 5.60 Å². The Labute approximate surface area is 236 Å². The zero-order valence-corrected chi connectivity index (χ0v) is 22.5. The molecule has 11 heteroatoms. The van der Waals surface area contributed by atoms with Crippen LogP contribution in [-0.2, 0) is 0 Å². The first kappa shape index (κ1) is 24.3. The molecule has 6 heterocycles. The summed E-state index contributed by atoms with van der Waals surface area (Å²) >= 11 is 0. The van der Waals surface area contributed by atoms with Crippen molar-refractivity contribution in [2.45, 2.75) is 43.2 Å². The average molecular weight is 547 g/mol. The molecule has 2 unspecified atom stereocenters. The van der Waals surface area contributed by atoms with Gasteiger partial charge >= 0.3 is 0 Å². The van der Waals surface area contributed by atoms with Crippen molar-refractivity contribution >= 4 is 28.5 Å². The van der Waals surface area contributed by atoms with Crippen molar-refractivity contribution < 1.29 is 5.11 Å². The Bertz CT molecular complexity index is 1740. The summed E-state index contributed by atoms with van der Waals surface area (Å²) in [6.07, 6.45) is 11.1. The molecule has 0 amide bonds. The minimum atomic E-state index is -0.758. The maximum absolute atomic E-state index is 11.5. The quantitative estimate of drug-likeness (QED) is 0.290. The standard InChI is InChI=1S/C30H30N10O/c41-30-10-13-39(24(30)9-11-31-17-30)28-26-22(19-6-7-19)15-32-16-23(26)35-27(37-28)20-8-12-33-25(14-20)36-29-34-18-40(38-29)21-4-2-1-3-5-21/h1-5,8,12,14-16,18-19,24,31,41H,6-7,9-11,13,17H2,(H,33,36,38). The van der Waals surface area contributed by atoms with Gasteiger partial charge in [0.15, 0.2) is 5.82 Å². The fourth-order valence-corrected chi connectivity index (χ4v) is 6.26. The van der Waals surface area contributed by atoms with Crippen molar-refractivity contribution in [3.05, 3.63) is 72.9 Å². The molecule has 1 saturated carbocycles. The predicted molar refractivity (Wildman–Crippen MR) is 155 cm³/mol. The van der Waals surface area contributed by atoms with Crippen molar-refractivity contribution in [1.82, 2.24) is 40.0 Å². The highest BCUT2D eigenvalue weighted by Gasteiger charge is 2.48. The Hall–Kier alpha value is -4.48. The van der Waals surface area contributed by atoms with Crippen LogP contribution in [0, 0.1) is 0 Å². The Balaban J connectivity index is 1.18. The number of fused-ring (bicyclic) bond motifs is 2. The molecule has 0 spiro atoms. The molecule has 0 bridgehead atoms. The summed E-state index contributed by atoms with van der Waals surface area (Å²) in [6.45, 7) is 2.23. The average Bonchev–Trinajstić information content (AvgIpc) is 3.65. The van der Waals surface area contributed by atoms with Crippen LogP contribution in [0.15, 0.2) is 67.4 Å². The van der Waals surface area contributed by atoms with Crippen molar-refractivity contribution in [2.24, 2.45) is 0 Å². The molecule has 3 fully saturated rings. The fraction of sp³-hybridized carbons (Fsp3) is 0.333. The minimum Gasteiger partial charge on any atom is -0.386 e. The zero-order valence-electron chi connectivity index (χ0n) is 22.5. The third-order valence-electron chi connectivity index (χ3n) is 8.48. The second-order valence-corrected chi connectivity index (χ2v) is 11.2. The molecule has 0 radical (unpaired) electrons. The fourth-order valence-electron chi connectivity index (χ4n) is 6.26. The van der Waals surface area contributed by atoms with Gasteiger partial charge in [0, 0.05) is 36.4 Å². The highest BCUT2D eigenvalue weighted by molar-refractivity contribution is 5.94. The molecule has 4 aromatic heterocycles. The molecule has 3 N–H and O–H groups in total. The van der Waals surface area contributed by atoms with Crippen LogP contribution in [0.2, 0.25) is 0 Å². The van der Waals surface area contributed by atoms with E-state index in [4.69, 9.17) is 9.97 Å². The van der Waals surface area contributed by atoms with Crippen LogP contribution in [-0.4, -0.2) is 71.1 Å². The number of aromatic nitrogens is 7. The Morgan fingerprint density at radius 2 is 1.93 bits per heavy atom. The van der Waals surface area contributed by atoms with Gasteiger partial charge in [0.05, 0.1) is 29.0 Å². The van der Waals surface area contributed by atoms with Crippen molar-refractivity contribution in [2.75, 3.05) is 29.9 Å². The molecule has 1 aliphatic carbocycles. The largest absolute Gasteiger partial charge is 0.386 e. The van der Waals surface area contributed by atoms with E-state index in [0.29, 0.717) is 36.5 Å². The first-order valence-corrected chi connectivity index (χ1v) is 14.2. The number of nitrogens with zero attached hydrogens (tertiary/aromatic N) is 8. The monoisotopic (exact) mass is 546 g/mol. The van der Waals surface area contributed by atoms with Gasteiger partial charge in [-0.05, 0) is 68.0 Å². The van der Waals surface area contributed by atoms with E-state index in [0.717, 1.165) is 60.3 Å². The number of para-hydroxylation sites is 1. The number of piperidine rings is 1. The molecular weight excluding hydrogens is 516 g/mol. The number of benzene rings is 1. The number of β-amino-alcohol motifs (C(OH)–C–C–N with tert-alkyl or cyclic N) is 1. The van der Waals surface area contributed by atoms with Gasteiger partial charge in [-0.25, -0.2) is 19.6 Å². The molecule has 5 aromatic rings. The molecule has 2 atom stereocenters. The Kier molecular flexibility index (Phi) is 5.68. The van der Waals surface area contributed by atoms with Crippen molar-refractivity contribution in [3.63, 3.8) is 0 Å². The molecule has 2 aliphatic heterocycles. The van der Waals surface area contributed by atoms with Gasteiger partial charge in [-0.3, -0.25) is 4.98 Å². The Morgan fingerprint density at radius 3 is 2.80 bits per heavy atom.